The van der Waals surface area contributed by atoms with Gasteiger partial charge in [-0.1, -0.05) is 35.5 Å². The van der Waals surface area contributed by atoms with Gasteiger partial charge in [0.1, 0.15) is 12.4 Å². The molecule has 1 atom stereocenters. The molecule has 0 amide bonds. The van der Waals surface area contributed by atoms with E-state index in [2.05, 4.69) is 5.16 Å². The van der Waals surface area contributed by atoms with Gasteiger partial charge < -0.3 is 18.9 Å². The zero-order valence-electron chi connectivity index (χ0n) is 17.1. The molecule has 2 aromatic carbocycles. The predicted molar refractivity (Wildman–Crippen MR) is 112 cm³/mol. The van der Waals surface area contributed by atoms with Crippen molar-refractivity contribution in [3.8, 4) is 5.75 Å². The van der Waals surface area contributed by atoms with Crippen molar-refractivity contribution in [1.29, 1.82) is 0 Å². The number of carboxylic acids is 1. The van der Waals surface area contributed by atoms with Crippen molar-refractivity contribution < 1.29 is 32.1 Å². The fourth-order valence-electron chi connectivity index (χ4n) is 2.63. The molecule has 0 saturated heterocycles. The first-order chi connectivity index (χ1) is 14.2. The van der Waals surface area contributed by atoms with Gasteiger partial charge in [0.15, 0.2) is 6.10 Å². The molecule has 0 saturated carbocycles. The maximum absolute atomic E-state index is 11.3. The van der Waals surface area contributed by atoms with Gasteiger partial charge in [-0.2, -0.15) is 8.42 Å². The van der Waals surface area contributed by atoms with Crippen LogP contribution in [0.4, 0.5) is 0 Å². The van der Waals surface area contributed by atoms with Crippen LogP contribution in [-0.2, 0) is 37.5 Å². The Morgan fingerprint density at radius 2 is 1.83 bits per heavy atom. The van der Waals surface area contributed by atoms with Gasteiger partial charge >= 0.3 is 16.1 Å². The van der Waals surface area contributed by atoms with E-state index in [0.29, 0.717) is 12.3 Å². The third-order valence-corrected chi connectivity index (χ3v) is 4.51. The number of benzene rings is 2. The number of carboxylic acid groups (broad SMARTS) is 1. The zero-order valence-corrected chi connectivity index (χ0v) is 17.9. The third kappa shape index (κ3) is 7.84. The highest BCUT2D eigenvalue weighted by Crippen LogP contribution is 2.15. The number of aliphatic carboxylic acids is 1. The Morgan fingerprint density at radius 1 is 1.13 bits per heavy atom. The molecule has 0 aliphatic rings. The lowest BCUT2D eigenvalue weighted by Gasteiger charge is -2.13. The van der Waals surface area contributed by atoms with Crippen LogP contribution in [0.25, 0.3) is 0 Å². The molecular formula is C21H25NO7S. The van der Waals surface area contributed by atoms with Crippen LogP contribution in [0, 0.1) is 0 Å². The van der Waals surface area contributed by atoms with Gasteiger partial charge in [0, 0.05) is 13.0 Å². The summed E-state index contributed by atoms with van der Waals surface area (Å²) in [5.41, 5.74) is 3.06. The number of carbonyl (C=O) groups is 1. The molecule has 9 heteroatoms. The van der Waals surface area contributed by atoms with Gasteiger partial charge in [-0.05, 0) is 48.7 Å². The van der Waals surface area contributed by atoms with E-state index in [1.165, 1.54) is 12.1 Å². The molecule has 30 heavy (non-hydrogen) atoms. The largest absolute Gasteiger partial charge is 0.479 e. The van der Waals surface area contributed by atoms with Crippen LogP contribution in [-0.4, -0.2) is 44.2 Å². The molecule has 8 nitrogen and oxygen atoms in total. The van der Waals surface area contributed by atoms with Crippen molar-refractivity contribution in [3.05, 3.63) is 65.2 Å². The average Bonchev–Trinajstić information content (AvgIpc) is 2.68. The molecule has 0 aliphatic carbocycles. The number of hydrogen-bond donors (Lipinski definition) is 1. The first-order valence-electron chi connectivity index (χ1n) is 9.26. The number of nitrogens with zero attached hydrogens (tertiary/aromatic N) is 1. The summed E-state index contributed by atoms with van der Waals surface area (Å²) in [6, 6.07) is 13.8. The molecule has 2 aromatic rings. The van der Waals surface area contributed by atoms with Gasteiger partial charge in [-0.3, -0.25) is 0 Å². The quantitative estimate of drug-likeness (QED) is 0.328. The van der Waals surface area contributed by atoms with Crippen molar-refractivity contribution in [2.75, 3.05) is 12.9 Å². The lowest BCUT2D eigenvalue weighted by atomic mass is 10.0. The Bertz CT molecular complexity index is 985. The van der Waals surface area contributed by atoms with Crippen LogP contribution in [0.1, 0.15) is 30.5 Å². The lowest BCUT2D eigenvalue weighted by Crippen LogP contribution is -2.26. The minimum Gasteiger partial charge on any atom is -0.479 e. The molecule has 0 heterocycles. The Balaban J connectivity index is 1.98. The highest BCUT2D eigenvalue weighted by atomic mass is 32.2. The van der Waals surface area contributed by atoms with Gasteiger partial charge in [0.2, 0.25) is 0 Å². The molecule has 1 N–H and O–H groups in total. The van der Waals surface area contributed by atoms with Crippen molar-refractivity contribution in [3.63, 3.8) is 0 Å². The maximum Gasteiger partial charge on any atom is 0.333 e. The van der Waals surface area contributed by atoms with Gasteiger partial charge in [-0.25, -0.2) is 4.79 Å². The smallest absolute Gasteiger partial charge is 0.333 e. The standard InChI is InChI=1S/C21H25NO7S/c1-4-27-20(21(23)24)13-17-6-5-7-18(12-17)15(2)22-28-14-16-8-10-19(11-9-16)29-30(3,25)26/h5-12,20H,4,13-14H2,1-3H3,(H,23,24)/b22-15+/t20-/m1/s1. The number of rotatable bonds is 11. The lowest BCUT2D eigenvalue weighted by molar-refractivity contribution is -0.149. The second kappa shape index (κ2) is 10.7. The summed E-state index contributed by atoms with van der Waals surface area (Å²) in [6.45, 7) is 4.07. The summed E-state index contributed by atoms with van der Waals surface area (Å²) >= 11 is 0. The van der Waals surface area contributed by atoms with Crippen LogP contribution in [0.5, 0.6) is 5.75 Å². The second-order valence-electron chi connectivity index (χ2n) is 6.57. The second-order valence-corrected chi connectivity index (χ2v) is 8.14. The molecular weight excluding hydrogens is 410 g/mol. The van der Waals surface area contributed by atoms with Crippen LogP contribution in [0.2, 0.25) is 0 Å². The van der Waals surface area contributed by atoms with E-state index in [1.807, 2.05) is 24.3 Å². The van der Waals surface area contributed by atoms with E-state index in [4.69, 9.17) is 13.8 Å². The van der Waals surface area contributed by atoms with Crippen molar-refractivity contribution >= 4 is 21.8 Å². The number of oxime groups is 1. The van der Waals surface area contributed by atoms with E-state index in [-0.39, 0.29) is 18.8 Å². The normalized spacial score (nSPS) is 13.0. The van der Waals surface area contributed by atoms with E-state index in [9.17, 15) is 18.3 Å². The SMILES string of the molecule is CCO[C@H](Cc1cccc(/C(C)=N/OCc2ccc(OS(C)(=O)=O)cc2)c1)C(=O)O. The number of hydrogen-bond acceptors (Lipinski definition) is 7. The van der Waals surface area contributed by atoms with Gasteiger partial charge in [-0.15, -0.1) is 0 Å². The minimum absolute atomic E-state index is 0.196. The highest BCUT2D eigenvalue weighted by Gasteiger charge is 2.18. The van der Waals surface area contributed by atoms with Crippen molar-refractivity contribution in [1.82, 2.24) is 0 Å². The van der Waals surface area contributed by atoms with E-state index in [0.717, 1.165) is 22.9 Å². The molecule has 0 radical (unpaired) electrons. The fraction of sp³-hybridized carbons (Fsp3) is 0.333. The topological polar surface area (TPSA) is 111 Å². The van der Waals surface area contributed by atoms with Crippen LogP contribution in [0.15, 0.2) is 53.7 Å². The Hall–Kier alpha value is -2.91. The fourth-order valence-corrected chi connectivity index (χ4v) is 3.09. The first-order valence-corrected chi connectivity index (χ1v) is 11.1. The molecule has 162 valence electrons. The van der Waals surface area contributed by atoms with Crippen LogP contribution in [0.3, 0.4) is 0 Å². The average molecular weight is 435 g/mol. The zero-order chi connectivity index (χ0) is 22.1. The summed E-state index contributed by atoms with van der Waals surface area (Å²) in [6.07, 6.45) is 0.343. The molecule has 0 fully saturated rings. The maximum atomic E-state index is 11.3. The van der Waals surface area contributed by atoms with Crippen molar-refractivity contribution in [2.24, 2.45) is 5.16 Å². The number of ether oxygens (including phenoxy) is 1. The van der Waals surface area contributed by atoms with Gasteiger partial charge in [0.25, 0.3) is 0 Å². The molecule has 0 spiro atoms. The summed E-state index contributed by atoms with van der Waals surface area (Å²) in [5, 5.41) is 13.3. The van der Waals surface area contributed by atoms with Crippen LogP contribution < -0.4 is 4.18 Å². The van der Waals surface area contributed by atoms with E-state index >= 15 is 0 Å². The Labute approximate surface area is 176 Å². The van der Waals surface area contributed by atoms with Gasteiger partial charge in [0.05, 0.1) is 12.0 Å². The minimum atomic E-state index is -3.56. The third-order valence-electron chi connectivity index (χ3n) is 4.01. The van der Waals surface area contributed by atoms with E-state index in [1.54, 1.807) is 26.0 Å². The molecule has 0 aromatic heterocycles. The summed E-state index contributed by atoms with van der Waals surface area (Å²) in [4.78, 5) is 16.7. The summed E-state index contributed by atoms with van der Waals surface area (Å²) < 4.78 is 32.3. The van der Waals surface area contributed by atoms with Crippen molar-refractivity contribution in [2.45, 2.75) is 33.0 Å². The molecule has 0 bridgehead atoms. The highest BCUT2D eigenvalue weighted by molar-refractivity contribution is 7.86. The monoisotopic (exact) mass is 435 g/mol. The molecule has 2 rings (SSSR count). The molecule has 0 unspecified atom stereocenters. The summed E-state index contributed by atoms with van der Waals surface area (Å²) in [7, 11) is -3.56. The predicted octanol–water partition coefficient (Wildman–Crippen LogP) is 3.00. The molecule has 0 aliphatic heterocycles. The van der Waals surface area contributed by atoms with Crippen LogP contribution >= 0.6 is 0 Å². The Kier molecular flexibility index (Phi) is 8.37. The first kappa shape index (κ1) is 23.4. The summed E-state index contributed by atoms with van der Waals surface area (Å²) in [5.74, 6) is -0.770. The Morgan fingerprint density at radius 3 is 2.43 bits per heavy atom. The van der Waals surface area contributed by atoms with E-state index < -0.39 is 22.2 Å².